The fourth-order valence-corrected chi connectivity index (χ4v) is 3.55. The number of methoxy groups -OCH3 is 2. The molecule has 0 radical (unpaired) electrons. The van der Waals surface area contributed by atoms with Crippen LogP contribution in [0, 0.1) is 6.92 Å². The maximum atomic E-state index is 12.0. The van der Waals surface area contributed by atoms with Gasteiger partial charge in [0.15, 0.2) is 0 Å². The Bertz CT molecular complexity index is 980. The first-order valence-electron chi connectivity index (χ1n) is 7.59. The molecular weight excluding hydrogens is 378 g/mol. The number of benzene rings is 1. The predicted octanol–water partition coefficient (Wildman–Crippen LogP) is 3.49. The zero-order valence-electron chi connectivity index (χ0n) is 14.4. The average Bonchev–Trinajstić information content (AvgIpc) is 3.17. The van der Waals surface area contributed by atoms with Crippen LogP contribution < -0.4 is 4.74 Å². The fourth-order valence-electron chi connectivity index (χ4n) is 2.32. The summed E-state index contributed by atoms with van der Waals surface area (Å²) in [6.07, 6.45) is 1.35. The Labute approximate surface area is 158 Å². The third-order valence-corrected chi connectivity index (χ3v) is 5.13. The van der Waals surface area contributed by atoms with Crippen molar-refractivity contribution < 1.29 is 19.0 Å². The summed E-state index contributed by atoms with van der Waals surface area (Å²) in [5.74, 6) is -0.491. The van der Waals surface area contributed by atoms with Gasteiger partial charge in [0.05, 0.1) is 31.1 Å². The zero-order valence-corrected chi connectivity index (χ0v) is 15.9. The second kappa shape index (κ2) is 7.76. The Kier molecular flexibility index (Phi) is 5.43. The molecule has 2 heterocycles. The molecule has 2 aromatic heterocycles. The Morgan fingerprint density at radius 3 is 2.77 bits per heavy atom. The highest BCUT2D eigenvalue weighted by molar-refractivity contribution is 7.18. The zero-order chi connectivity index (χ0) is 18.7. The first kappa shape index (κ1) is 18.2. The molecular formula is C17H16ClN3O4S. The summed E-state index contributed by atoms with van der Waals surface area (Å²) in [5, 5.41) is 4.96. The molecule has 0 saturated heterocycles. The van der Waals surface area contributed by atoms with Crippen LogP contribution in [0.2, 0.25) is 5.02 Å². The Morgan fingerprint density at radius 1 is 1.35 bits per heavy atom. The molecule has 136 valence electrons. The molecule has 0 spiro atoms. The van der Waals surface area contributed by atoms with E-state index in [2.05, 4.69) is 10.1 Å². The minimum absolute atomic E-state index is 0.237. The van der Waals surface area contributed by atoms with Crippen LogP contribution in [0.1, 0.15) is 16.1 Å². The van der Waals surface area contributed by atoms with Crippen molar-refractivity contribution in [2.24, 2.45) is 0 Å². The third-order valence-electron chi connectivity index (χ3n) is 3.60. The normalized spacial score (nSPS) is 11.6. The molecule has 0 aliphatic rings. The molecule has 0 aliphatic heterocycles. The molecule has 0 unspecified atom stereocenters. The number of hydrogen-bond acceptors (Lipinski definition) is 7. The van der Waals surface area contributed by atoms with E-state index in [0.717, 1.165) is 11.3 Å². The minimum Gasteiger partial charge on any atom is -0.503 e. The van der Waals surface area contributed by atoms with E-state index in [0.29, 0.717) is 20.4 Å². The van der Waals surface area contributed by atoms with Crippen molar-refractivity contribution >= 4 is 39.4 Å². The van der Waals surface area contributed by atoms with E-state index in [-0.39, 0.29) is 12.6 Å². The topological polar surface area (TPSA) is 75.0 Å². The summed E-state index contributed by atoms with van der Waals surface area (Å²) in [5.41, 5.74) is 1.89. The van der Waals surface area contributed by atoms with E-state index in [9.17, 15) is 4.79 Å². The first-order chi connectivity index (χ1) is 12.5. The summed E-state index contributed by atoms with van der Waals surface area (Å²) >= 11 is 7.41. The highest BCUT2D eigenvalue weighted by Crippen LogP contribution is 2.30. The van der Waals surface area contributed by atoms with Crippen molar-refractivity contribution in [3.05, 3.63) is 51.7 Å². The van der Waals surface area contributed by atoms with Gasteiger partial charge in [0.2, 0.25) is 4.96 Å². The van der Waals surface area contributed by atoms with Gasteiger partial charge in [-0.05, 0) is 13.0 Å². The minimum atomic E-state index is -0.491. The summed E-state index contributed by atoms with van der Waals surface area (Å²) in [7, 11) is 2.79. The van der Waals surface area contributed by atoms with Gasteiger partial charge >= 0.3 is 12.0 Å². The summed E-state index contributed by atoms with van der Waals surface area (Å²) in [4.78, 5) is 17.6. The molecule has 26 heavy (non-hydrogen) atoms. The quantitative estimate of drug-likeness (QED) is 0.362. The van der Waals surface area contributed by atoms with Crippen molar-refractivity contribution in [1.29, 1.82) is 0 Å². The fraction of sp³-hybridized carbons (Fsp3) is 0.235. The van der Waals surface area contributed by atoms with E-state index in [1.165, 1.54) is 31.8 Å². The molecule has 0 saturated carbocycles. The van der Waals surface area contributed by atoms with E-state index in [4.69, 9.17) is 25.8 Å². The second-order valence-electron chi connectivity index (χ2n) is 5.24. The predicted molar refractivity (Wildman–Crippen MR) is 98.4 cm³/mol. The summed E-state index contributed by atoms with van der Waals surface area (Å²) in [6, 6.07) is 7.65. The van der Waals surface area contributed by atoms with Crippen LogP contribution in [-0.2, 0) is 20.9 Å². The highest BCUT2D eigenvalue weighted by atomic mass is 35.5. The van der Waals surface area contributed by atoms with Crippen LogP contribution >= 0.6 is 22.9 Å². The van der Waals surface area contributed by atoms with E-state index < -0.39 is 5.97 Å². The van der Waals surface area contributed by atoms with Crippen molar-refractivity contribution in [2.45, 2.75) is 13.5 Å². The number of halogens is 1. The van der Waals surface area contributed by atoms with Gasteiger partial charge < -0.3 is 14.2 Å². The van der Waals surface area contributed by atoms with Crippen molar-refractivity contribution in [1.82, 2.24) is 14.6 Å². The average molecular weight is 394 g/mol. The number of carbonyl (C=O) groups excluding carboxylic acids is 1. The van der Waals surface area contributed by atoms with Crippen molar-refractivity contribution in [2.75, 3.05) is 14.2 Å². The Hall–Kier alpha value is -2.58. The lowest BCUT2D eigenvalue weighted by atomic mass is 10.2. The number of fused-ring (bicyclic) bond motifs is 1. The monoisotopic (exact) mass is 393 g/mol. The highest BCUT2D eigenvalue weighted by Gasteiger charge is 2.22. The molecule has 0 amide bonds. The van der Waals surface area contributed by atoms with E-state index in [1.807, 2.05) is 25.1 Å². The maximum absolute atomic E-state index is 12.0. The maximum Gasteiger partial charge on any atom is 0.342 e. The van der Waals surface area contributed by atoms with Gasteiger partial charge in [-0.2, -0.15) is 4.98 Å². The lowest BCUT2D eigenvalue weighted by molar-refractivity contribution is -0.133. The molecule has 9 heteroatoms. The number of rotatable bonds is 6. The van der Waals surface area contributed by atoms with Crippen LogP contribution in [-0.4, -0.2) is 34.8 Å². The second-order valence-corrected chi connectivity index (χ2v) is 6.63. The van der Waals surface area contributed by atoms with Crippen molar-refractivity contribution in [3.8, 4) is 6.01 Å². The molecule has 0 N–H and O–H groups in total. The summed E-state index contributed by atoms with van der Waals surface area (Å²) < 4.78 is 17.0. The van der Waals surface area contributed by atoms with Crippen LogP contribution in [0.15, 0.2) is 30.5 Å². The number of nitrogens with zero attached hydrogens (tertiary/aromatic N) is 3. The molecule has 3 rings (SSSR count). The smallest absolute Gasteiger partial charge is 0.342 e. The van der Waals surface area contributed by atoms with E-state index in [1.54, 1.807) is 10.6 Å². The third kappa shape index (κ3) is 3.51. The van der Waals surface area contributed by atoms with Crippen LogP contribution in [0.4, 0.5) is 0 Å². The number of esters is 1. The molecule has 1 aromatic carbocycles. The Morgan fingerprint density at radius 2 is 2.12 bits per heavy atom. The molecule has 0 fully saturated rings. The van der Waals surface area contributed by atoms with Gasteiger partial charge in [-0.25, -0.2) is 9.31 Å². The number of hydrogen-bond donors (Lipinski definition) is 0. The molecule has 3 aromatic rings. The number of ether oxygens (including phenoxy) is 3. The van der Waals surface area contributed by atoms with Gasteiger partial charge in [0, 0.05) is 10.6 Å². The Balaban J connectivity index is 1.86. The van der Waals surface area contributed by atoms with Gasteiger partial charge in [-0.1, -0.05) is 41.1 Å². The van der Waals surface area contributed by atoms with Crippen LogP contribution in [0.25, 0.3) is 10.5 Å². The first-order valence-corrected chi connectivity index (χ1v) is 8.78. The molecule has 7 nitrogen and oxygen atoms in total. The van der Waals surface area contributed by atoms with Gasteiger partial charge in [0.25, 0.3) is 0 Å². The molecule has 0 atom stereocenters. The van der Waals surface area contributed by atoms with Gasteiger partial charge in [-0.15, -0.1) is 5.10 Å². The number of aromatic nitrogens is 3. The van der Waals surface area contributed by atoms with Crippen molar-refractivity contribution in [3.63, 3.8) is 0 Å². The van der Waals surface area contributed by atoms with Gasteiger partial charge in [0.1, 0.15) is 12.2 Å². The largest absolute Gasteiger partial charge is 0.503 e. The number of aryl methyl sites for hydroxylation is 1. The molecule has 0 aliphatic carbocycles. The van der Waals surface area contributed by atoms with Gasteiger partial charge in [-0.3, -0.25) is 0 Å². The lowest BCUT2D eigenvalue weighted by Crippen LogP contribution is -2.05. The molecule has 0 bridgehead atoms. The lowest BCUT2D eigenvalue weighted by Gasteiger charge is -2.04. The summed E-state index contributed by atoms with van der Waals surface area (Å²) in [6.45, 7) is 2.10. The number of thiazole rings is 1. The van der Waals surface area contributed by atoms with E-state index >= 15 is 0 Å². The van der Waals surface area contributed by atoms with Crippen LogP contribution in [0.5, 0.6) is 6.01 Å². The SMILES string of the molecule is CO/C=C(/C(=O)OC)c1sc2nc(OCc3ccccc3Cl)nn2c1C. The standard InChI is InChI=1S/C17H16ClN3O4S/c1-10-14(12(9-23-2)15(22)24-3)26-17-19-16(20-21(10)17)25-8-11-6-4-5-7-13(11)18/h4-7,9H,8H2,1-3H3/b12-9+. The van der Waals surface area contributed by atoms with Crippen LogP contribution in [0.3, 0.4) is 0 Å². The number of carbonyl (C=O) groups is 1.